The molecule has 1 aromatic carbocycles. The number of amidine groups is 1. The van der Waals surface area contributed by atoms with Crippen molar-refractivity contribution in [1.82, 2.24) is 14.6 Å². The summed E-state index contributed by atoms with van der Waals surface area (Å²) in [5, 5.41) is 21.8. The first-order valence-electron chi connectivity index (χ1n) is 11.4. The molecule has 43 heavy (non-hydrogen) atoms. The van der Waals surface area contributed by atoms with Crippen LogP contribution in [0.25, 0.3) is 10.2 Å². The number of benzene rings is 1. The van der Waals surface area contributed by atoms with E-state index in [1.165, 1.54) is 6.07 Å². The third kappa shape index (κ3) is 10.2. The van der Waals surface area contributed by atoms with Gasteiger partial charge < -0.3 is 20.8 Å². The second kappa shape index (κ2) is 13.8. The number of aromatic nitrogens is 1. The lowest BCUT2D eigenvalue weighted by atomic mass is 10.1. The highest BCUT2D eigenvalue weighted by molar-refractivity contribution is 7.91. The first-order valence-corrected chi connectivity index (χ1v) is 13.7. The molecule has 4 rings (SSSR count). The molecule has 1 aliphatic rings. The fourth-order valence-electron chi connectivity index (χ4n) is 3.29. The van der Waals surface area contributed by atoms with Crippen molar-refractivity contribution in [2.75, 3.05) is 6.54 Å². The van der Waals surface area contributed by atoms with E-state index >= 15 is 0 Å². The molecule has 1 fully saturated rings. The zero-order valence-electron chi connectivity index (χ0n) is 21.3. The van der Waals surface area contributed by atoms with Gasteiger partial charge in [0.2, 0.25) is 5.91 Å². The van der Waals surface area contributed by atoms with Gasteiger partial charge in [-0.25, -0.2) is 18.0 Å². The summed E-state index contributed by atoms with van der Waals surface area (Å²) in [6, 6.07) is 11.4. The number of nitrogen functional groups attached to an aromatic ring is 1. The number of hydrogen-bond acceptors (Lipinski definition) is 8. The van der Waals surface area contributed by atoms with Crippen molar-refractivity contribution in [2.45, 2.75) is 35.6 Å². The van der Waals surface area contributed by atoms with E-state index in [9.17, 15) is 39.6 Å². The molecular weight excluding hydrogens is 636 g/mol. The Morgan fingerprint density at radius 2 is 1.65 bits per heavy atom. The number of nitrogens with two attached hydrogens (primary N) is 1. The third-order valence-electron chi connectivity index (χ3n) is 5.22. The summed E-state index contributed by atoms with van der Waals surface area (Å²) in [5.41, 5.74) is 7.55. The summed E-state index contributed by atoms with van der Waals surface area (Å²) in [5.74, 6) is -5.82. The molecule has 6 N–H and O–H groups in total. The van der Waals surface area contributed by atoms with Crippen molar-refractivity contribution >= 4 is 55.3 Å². The lowest BCUT2D eigenvalue weighted by Crippen LogP contribution is -2.41. The van der Waals surface area contributed by atoms with Crippen LogP contribution < -0.4 is 10.5 Å². The van der Waals surface area contributed by atoms with Gasteiger partial charge in [-0.2, -0.15) is 31.1 Å². The minimum atomic E-state index is -5.08. The van der Waals surface area contributed by atoms with Gasteiger partial charge in [0, 0.05) is 24.8 Å². The molecule has 1 atom stereocenters. The minimum absolute atomic E-state index is 0.0388. The third-order valence-corrected chi connectivity index (χ3v) is 8.26. The Morgan fingerprint density at radius 3 is 2.16 bits per heavy atom. The van der Waals surface area contributed by atoms with E-state index in [1.807, 2.05) is 12.1 Å². The highest BCUT2D eigenvalue weighted by Gasteiger charge is 2.39. The monoisotopic (exact) mass is 657 g/mol. The average molecular weight is 658 g/mol. The molecule has 0 radical (unpaired) electrons. The van der Waals surface area contributed by atoms with Gasteiger partial charge >= 0.3 is 24.3 Å². The maximum Gasteiger partial charge on any atom is 0.490 e. The predicted molar refractivity (Wildman–Crippen MR) is 139 cm³/mol. The number of likely N-dealkylation sites (tertiary alicyclic amines) is 1. The topological polar surface area (TPSA) is 204 Å². The lowest BCUT2D eigenvalue weighted by Gasteiger charge is -2.17. The normalized spacial score (nSPS) is 15.3. The number of sulfonamides is 1. The molecule has 3 heterocycles. The highest BCUT2D eigenvalue weighted by Crippen LogP contribution is 2.28. The second-order valence-electron chi connectivity index (χ2n) is 8.39. The molecule has 0 unspecified atom stereocenters. The van der Waals surface area contributed by atoms with E-state index in [0.29, 0.717) is 30.6 Å². The van der Waals surface area contributed by atoms with E-state index in [2.05, 4.69) is 9.71 Å². The zero-order chi connectivity index (χ0) is 32.8. The summed E-state index contributed by atoms with van der Waals surface area (Å²) < 4.78 is 92.4. The molecular formula is C23H21F6N5O7S2. The number of alkyl halides is 6. The highest BCUT2D eigenvalue weighted by atomic mass is 32.2. The van der Waals surface area contributed by atoms with E-state index in [0.717, 1.165) is 21.6 Å². The van der Waals surface area contributed by atoms with E-state index < -0.39 is 40.4 Å². The van der Waals surface area contributed by atoms with Crippen molar-refractivity contribution in [3.63, 3.8) is 0 Å². The average Bonchev–Trinajstić information content (AvgIpc) is 3.48. The quantitative estimate of drug-likeness (QED) is 0.150. The number of carbonyl (C=O) groups excluding carboxylic acids is 1. The molecule has 0 bridgehead atoms. The van der Waals surface area contributed by atoms with Crippen molar-refractivity contribution in [1.29, 1.82) is 5.41 Å². The van der Waals surface area contributed by atoms with Crippen LogP contribution in [-0.2, 0) is 31.0 Å². The number of nitrogens with one attached hydrogen (secondary N) is 2. The van der Waals surface area contributed by atoms with Gasteiger partial charge in [0.15, 0.2) is 0 Å². The van der Waals surface area contributed by atoms with Crippen LogP contribution in [0.1, 0.15) is 17.5 Å². The number of aliphatic carboxylic acids is 2. The molecule has 2 aromatic heterocycles. The van der Waals surface area contributed by atoms with Crippen LogP contribution in [0.15, 0.2) is 52.9 Å². The van der Waals surface area contributed by atoms with Crippen molar-refractivity contribution in [3.05, 3.63) is 59.8 Å². The molecule has 1 amide bonds. The number of carbonyl (C=O) groups is 3. The molecule has 12 nitrogen and oxygen atoms in total. The number of thiophene rings is 1. The number of fused-ring (bicyclic) bond motifs is 1. The number of hydrogen-bond donors (Lipinski definition) is 5. The summed E-state index contributed by atoms with van der Waals surface area (Å²) in [6.07, 6.45) is -8.16. The van der Waals surface area contributed by atoms with Crippen LogP contribution in [0, 0.1) is 5.41 Å². The minimum Gasteiger partial charge on any atom is -0.475 e. The Morgan fingerprint density at radius 1 is 1.07 bits per heavy atom. The fraction of sp³-hybridized carbons (Fsp3) is 0.261. The van der Waals surface area contributed by atoms with Gasteiger partial charge in [0.25, 0.3) is 10.0 Å². The van der Waals surface area contributed by atoms with E-state index in [-0.39, 0.29) is 16.0 Å². The van der Waals surface area contributed by atoms with Crippen molar-refractivity contribution in [3.8, 4) is 0 Å². The Hall–Kier alpha value is -4.30. The molecule has 234 valence electrons. The summed E-state index contributed by atoms with van der Waals surface area (Å²) in [7, 11) is -3.82. The zero-order valence-corrected chi connectivity index (χ0v) is 22.9. The Balaban J connectivity index is 0.000000384. The molecule has 0 saturated carbocycles. The fourth-order valence-corrected chi connectivity index (χ4v) is 5.87. The van der Waals surface area contributed by atoms with Gasteiger partial charge in [-0.05, 0) is 36.2 Å². The van der Waals surface area contributed by atoms with Gasteiger partial charge in [0.05, 0.1) is 10.2 Å². The maximum atomic E-state index is 12.8. The first-order chi connectivity index (χ1) is 19.7. The van der Waals surface area contributed by atoms with Gasteiger partial charge in [-0.1, -0.05) is 18.2 Å². The van der Waals surface area contributed by atoms with E-state index in [4.69, 9.17) is 30.9 Å². The largest absolute Gasteiger partial charge is 0.490 e. The van der Waals surface area contributed by atoms with Crippen LogP contribution >= 0.6 is 11.3 Å². The SMILES string of the molecule is N=C(N)c1cccc(CN2CC[C@H](NS(=O)(=O)c3cc4ncccc4s3)C2=O)c1.O=C(O)C(F)(F)F.O=C(O)C(F)(F)F. The second-order valence-corrected chi connectivity index (χ2v) is 11.4. The number of carboxylic acid groups (broad SMARTS) is 2. The first kappa shape index (κ1) is 34.9. The Labute approximate surface area is 242 Å². The van der Waals surface area contributed by atoms with Crippen LogP contribution in [-0.4, -0.2) is 77.1 Å². The smallest absolute Gasteiger partial charge is 0.475 e. The number of nitrogens with zero attached hydrogens (tertiary/aromatic N) is 2. The predicted octanol–water partition coefficient (Wildman–Crippen LogP) is 2.93. The molecule has 20 heteroatoms. The van der Waals surface area contributed by atoms with Gasteiger partial charge in [0.1, 0.15) is 16.1 Å². The number of halogens is 6. The van der Waals surface area contributed by atoms with Crippen LogP contribution in [0.5, 0.6) is 0 Å². The van der Waals surface area contributed by atoms with Gasteiger partial charge in [-0.15, -0.1) is 11.3 Å². The standard InChI is InChI=1S/C19H19N5O3S2.2C2HF3O2/c20-18(21)13-4-1-3-12(9-13)11-24-8-6-14(19(24)25)23-29(26,27)17-10-15-16(28-17)5-2-7-22-15;2*3-2(4,5)1(6)7/h1-5,7,9-10,14,23H,6,8,11H2,(H3,20,21);2*(H,6,7)/t14-;;/m0../s1. The number of amides is 1. The Kier molecular flexibility index (Phi) is 11.2. The van der Waals surface area contributed by atoms with Gasteiger partial charge in [-0.3, -0.25) is 15.2 Å². The molecule has 1 saturated heterocycles. The maximum absolute atomic E-state index is 12.8. The number of carboxylic acids is 2. The lowest BCUT2D eigenvalue weighted by molar-refractivity contribution is -0.193. The van der Waals surface area contributed by atoms with Crippen molar-refractivity contribution < 1.29 is 59.4 Å². The summed E-state index contributed by atoms with van der Waals surface area (Å²) >= 11 is 1.13. The van der Waals surface area contributed by atoms with Crippen LogP contribution in [0.3, 0.4) is 0 Å². The number of rotatable bonds is 6. The summed E-state index contributed by atoms with van der Waals surface area (Å²) in [6.45, 7) is 0.787. The van der Waals surface area contributed by atoms with Crippen LogP contribution in [0.4, 0.5) is 26.3 Å². The molecule has 0 aliphatic carbocycles. The van der Waals surface area contributed by atoms with Crippen LogP contribution in [0.2, 0.25) is 0 Å². The Bertz CT molecular complexity index is 1550. The number of pyridine rings is 1. The van der Waals surface area contributed by atoms with E-state index in [1.54, 1.807) is 35.4 Å². The molecule has 0 spiro atoms. The van der Waals surface area contributed by atoms with Crippen molar-refractivity contribution in [2.24, 2.45) is 5.73 Å². The summed E-state index contributed by atoms with van der Waals surface area (Å²) in [4.78, 5) is 36.3. The molecule has 3 aromatic rings. The molecule has 1 aliphatic heterocycles.